The second kappa shape index (κ2) is 5.21. The molecular weight excluding hydrogens is 257 g/mol. The summed E-state index contributed by atoms with van der Waals surface area (Å²) in [5.41, 5.74) is 2.87. The highest BCUT2D eigenvalue weighted by atomic mass is 19.1. The molecule has 3 N–H and O–H groups in total. The zero-order chi connectivity index (χ0) is 13.9. The molecule has 0 bridgehead atoms. The Morgan fingerprint density at radius 1 is 1.05 bits per heavy atom. The normalized spacial score (nSPS) is 12.8. The summed E-state index contributed by atoms with van der Waals surface area (Å²) in [6.45, 7) is 1.68. The Balaban J connectivity index is 1.80. The maximum absolute atomic E-state index is 13.1. The fourth-order valence-electron chi connectivity index (χ4n) is 2.15. The molecule has 2 aromatic carbocycles. The number of carbonyl (C=O) groups excluding carboxylic acids is 1. The number of benzene rings is 2. The number of carbonyl (C=O) groups is 1. The molecule has 0 aromatic heterocycles. The summed E-state index contributed by atoms with van der Waals surface area (Å²) in [7, 11) is 0. The van der Waals surface area contributed by atoms with E-state index in [1.165, 1.54) is 12.1 Å². The van der Waals surface area contributed by atoms with Gasteiger partial charge in [0.05, 0.1) is 11.4 Å². The Labute approximate surface area is 116 Å². The molecule has 1 aliphatic heterocycles. The van der Waals surface area contributed by atoms with Crippen molar-refractivity contribution < 1.29 is 9.18 Å². The van der Waals surface area contributed by atoms with Crippen molar-refractivity contribution >= 4 is 23.0 Å². The van der Waals surface area contributed by atoms with Crippen molar-refractivity contribution in [3.05, 3.63) is 53.8 Å². The molecule has 0 aliphatic carbocycles. The van der Waals surface area contributed by atoms with Gasteiger partial charge in [0.15, 0.2) is 0 Å². The molecule has 0 spiro atoms. The van der Waals surface area contributed by atoms with Crippen molar-refractivity contribution in [2.24, 2.45) is 0 Å². The maximum atomic E-state index is 13.1. The van der Waals surface area contributed by atoms with Gasteiger partial charge in [-0.1, -0.05) is 6.07 Å². The number of anilines is 3. The monoisotopic (exact) mass is 271 g/mol. The highest BCUT2D eigenvalue weighted by Gasteiger charge is 2.12. The predicted octanol–water partition coefficient (Wildman–Crippen LogP) is 2.92. The van der Waals surface area contributed by atoms with Gasteiger partial charge in [-0.2, -0.15) is 0 Å². The highest BCUT2D eigenvalue weighted by molar-refractivity contribution is 6.05. The van der Waals surface area contributed by atoms with Crippen LogP contribution in [0.3, 0.4) is 0 Å². The summed E-state index contributed by atoms with van der Waals surface area (Å²) in [6.07, 6.45) is 0. The second-order valence-electron chi connectivity index (χ2n) is 4.58. The molecule has 4 nitrogen and oxygen atoms in total. The van der Waals surface area contributed by atoms with Gasteiger partial charge in [-0.15, -0.1) is 0 Å². The van der Waals surface area contributed by atoms with Crippen LogP contribution in [0.25, 0.3) is 0 Å². The van der Waals surface area contributed by atoms with Crippen LogP contribution < -0.4 is 16.0 Å². The van der Waals surface area contributed by atoms with E-state index in [0.717, 1.165) is 24.5 Å². The molecule has 0 fully saturated rings. The number of hydrogen-bond donors (Lipinski definition) is 3. The summed E-state index contributed by atoms with van der Waals surface area (Å²) in [4.78, 5) is 12.1. The number of nitrogens with one attached hydrogen (secondary N) is 3. The van der Waals surface area contributed by atoms with Crippen molar-refractivity contribution in [3.63, 3.8) is 0 Å². The van der Waals surface area contributed by atoms with Crippen LogP contribution in [0.4, 0.5) is 21.5 Å². The van der Waals surface area contributed by atoms with Gasteiger partial charge in [-0.25, -0.2) is 4.39 Å². The maximum Gasteiger partial charge on any atom is 0.255 e. The highest BCUT2D eigenvalue weighted by Crippen LogP contribution is 2.25. The lowest BCUT2D eigenvalue weighted by atomic mass is 10.1. The summed E-state index contributed by atoms with van der Waals surface area (Å²) in [5, 5.41) is 9.15. The van der Waals surface area contributed by atoms with Crippen molar-refractivity contribution in [2.45, 2.75) is 0 Å². The van der Waals surface area contributed by atoms with Crippen LogP contribution in [0.5, 0.6) is 0 Å². The first-order chi connectivity index (χ1) is 9.72. The molecule has 1 amide bonds. The van der Waals surface area contributed by atoms with Crippen LogP contribution in [0, 0.1) is 5.82 Å². The van der Waals surface area contributed by atoms with E-state index in [1.54, 1.807) is 24.3 Å². The fraction of sp³-hybridized carbons (Fsp3) is 0.133. The number of halogens is 1. The fourth-order valence-corrected chi connectivity index (χ4v) is 2.15. The molecule has 1 heterocycles. The Hall–Kier alpha value is -2.56. The molecule has 20 heavy (non-hydrogen) atoms. The van der Waals surface area contributed by atoms with Crippen molar-refractivity contribution in [3.8, 4) is 0 Å². The molecular formula is C15H14FN3O. The van der Waals surface area contributed by atoms with Gasteiger partial charge in [0.2, 0.25) is 0 Å². The number of fused-ring (bicyclic) bond motifs is 1. The largest absolute Gasteiger partial charge is 0.382 e. The molecule has 102 valence electrons. The van der Waals surface area contributed by atoms with E-state index in [2.05, 4.69) is 16.0 Å². The van der Waals surface area contributed by atoms with E-state index in [0.29, 0.717) is 11.3 Å². The van der Waals surface area contributed by atoms with E-state index < -0.39 is 0 Å². The molecule has 0 saturated heterocycles. The number of amides is 1. The summed E-state index contributed by atoms with van der Waals surface area (Å²) >= 11 is 0. The summed E-state index contributed by atoms with van der Waals surface area (Å²) < 4.78 is 13.1. The van der Waals surface area contributed by atoms with Crippen LogP contribution in [0.2, 0.25) is 0 Å². The van der Waals surface area contributed by atoms with Crippen LogP contribution in [0.15, 0.2) is 42.5 Å². The Morgan fingerprint density at radius 3 is 2.65 bits per heavy atom. The van der Waals surface area contributed by atoms with Crippen LogP contribution in [-0.4, -0.2) is 19.0 Å². The lowest BCUT2D eigenvalue weighted by Gasteiger charge is -2.20. The number of hydrogen-bond acceptors (Lipinski definition) is 3. The first kappa shape index (κ1) is 12.5. The third-order valence-electron chi connectivity index (χ3n) is 3.12. The molecule has 0 saturated carbocycles. The average Bonchev–Trinajstić information content (AvgIpc) is 2.47. The average molecular weight is 271 g/mol. The van der Waals surface area contributed by atoms with E-state index >= 15 is 0 Å². The molecule has 0 unspecified atom stereocenters. The molecule has 5 heteroatoms. The van der Waals surface area contributed by atoms with Gasteiger partial charge in [0.25, 0.3) is 5.91 Å². The zero-order valence-corrected chi connectivity index (χ0v) is 10.7. The van der Waals surface area contributed by atoms with Gasteiger partial charge < -0.3 is 16.0 Å². The van der Waals surface area contributed by atoms with Crippen molar-refractivity contribution in [1.82, 2.24) is 0 Å². The standard InChI is InChI=1S/C15H14FN3O/c16-11-2-1-3-12(9-11)19-15(20)10-4-5-13-14(8-10)18-7-6-17-13/h1-5,8-9,17-18H,6-7H2,(H,19,20). The Bertz CT molecular complexity index is 657. The molecule has 3 rings (SSSR count). The van der Waals surface area contributed by atoms with Crippen LogP contribution in [-0.2, 0) is 0 Å². The van der Waals surface area contributed by atoms with Crippen molar-refractivity contribution in [2.75, 3.05) is 29.0 Å². The van der Waals surface area contributed by atoms with Crippen LogP contribution >= 0.6 is 0 Å². The lowest BCUT2D eigenvalue weighted by Crippen LogP contribution is -2.21. The summed E-state index contributed by atoms with van der Waals surface area (Å²) in [5.74, 6) is -0.634. The lowest BCUT2D eigenvalue weighted by molar-refractivity contribution is 0.102. The van der Waals surface area contributed by atoms with Gasteiger partial charge in [-0.3, -0.25) is 4.79 Å². The zero-order valence-electron chi connectivity index (χ0n) is 10.7. The Kier molecular flexibility index (Phi) is 3.25. The molecule has 1 aliphatic rings. The minimum atomic E-state index is -0.376. The second-order valence-corrected chi connectivity index (χ2v) is 4.58. The first-order valence-corrected chi connectivity index (χ1v) is 6.41. The van der Waals surface area contributed by atoms with Gasteiger partial charge in [-0.05, 0) is 36.4 Å². The van der Waals surface area contributed by atoms with E-state index in [4.69, 9.17) is 0 Å². The predicted molar refractivity (Wildman–Crippen MR) is 77.8 cm³/mol. The smallest absolute Gasteiger partial charge is 0.255 e. The first-order valence-electron chi connectivity index (χ1n) is 6.41. The quantitative estimate of drug-likeness (QED) is 0.787. The molecule has 0 radical (unpaired) electrons. The topological polar surface area (TPSA) is 53.2 Å². The minimum absolute atomic E-state index is 0.259. The van der Waals surface area contributed by atoms with Gasteiger partial charge >= 0.3 is 0 Å². The van der Waals surface area contributed by atoms with Crippen molar-refractivity contribution in [1.29, 1.82) is 0 Å². The van der Waals surface area contributed by atoms with Gasteiger partial charge in [0, 0.05) is 24.3 Å². The van der Waals surface area contributed by atoms with E-state index in [-0.39, 0.29) is 11.7 Å². The minimum Gasteiger partial charge on any atom is -0.382 e. The molecule has 0 atom stereocenters. The van der Waals surface area contributed by atoms with E-state index in [9.17, 15) is 9.18 Å². The van der Waals surface area contributed by atoms with E-state index in [1.807, 2.05) is 6.07 Å². The van der Waals surface area contributed by atoms with Crippen LogP contribution in [0.1, 0.15) is 10.4 Å². The molecule has 2 aromatic rings. The van der Waals surface area contributed by atoms with Gasteiger partial charge in [0.1, 0.15) is 5.82 Å². The third kappa shape index (κ3) is 2.56. The summed E-state index contributed by atoms with van der Waals surface area (Å²) in [6, 6.07) is 11.2. The SMILES string of the molecule is O=C(Nc1cccc(F)c1)c1ccc2c(c1)NCCN2. The third-order valence-corrected chi connectivity index (χ3v) is 3.12. The number of rotatable bonds is 2. The Morgan fingerprint density at radius 2 is 1.85 bits per heavy atom.